The van der Waals surface area contributed by atoms with Gasteiger partial charge in [0, 0.05) is 0 Å². The van der Waals surface area contributed by atoms with E-state index >= 15 is 0 Å². The van der Waals surface area contributed by atoms with Gasteiger partial charge < -0.3 is 5.11 Å². The van der Waals surface area contributed by atoms with E-state index in [-0.39, 0.29) is 0 Å². The first-order valence-corrected chi connectivity index (χ1v) is 5.08. The Morgan fingerprint density at radius 3 is 2.85 bits per heavy atom. The van der Waals surface area contributed by atoms with Gasteiger partial charge in [-0.3, -0.25) is 0 Å². The van der Waals surface area contributed by atoms with Gasteiger partial charge >= 0.3 is 0 Å². The van der Waals surface area contributed by atoms with Crippen LogP contribution in [0.15, 0.2) is 12.2 Å². The largest absolute Gasteiger partial charge is 0.381 e. The van der Waals surface area contributed by atoms with E-state index in [1.54, 1.807) is 6.92 Å². The molecule has 0 radical (unpaired) electrons. The maximum Gasteiger partial charge on any atom is 0.112 e. The molecule has 3 atom stereocenters. The fourth-order valence-electron chi connectivity index (χ4n) is 1.57. The highest BCUT2D eigenvalue weighted by atomic mass is 16.3. The van der Waals surface area contributed by atoms with Crippen LogP contribution in [0.3, 0.4) is 0 Å². The van der Waals surface area contributed by atoms with Gasteiger partial charge in [-0.2, -0.15) is 0 Å². The summed E-state index contributed by atoms with van der Waals surface area (Å²) in [5.74, 6) is 7.38. The zero-order chi connectivity index (χ0) is 9.68. The van der Waals surface area contributed by atoms with Crippen molar-refractivity contribution in [1.82, 2.24) is 0 Å². The number of hydrogen-bond acceptors (Lipinski definition) is 1. The summed E-state index contributed by atoms with van der Waals surface area (Å²) in [6, 6.07) is 0. The average molecular weight is 178 g/mol. The average Bonchev–Trinajstić information content (AvgIpc) is 2.82. The Hall–Kier alpha value is -0.740. The maximum atomic E-state index is 8.85. The van der Waals surface area contributed by atoms with Crippen LogP contribution >= 0.6 is 0 Å². The smallest absolute Gasteiger partial charge is 0.112 e. The molecule has 1 unspecified atom stereocenters. The molecule has 0 amide bonds. The van der Waals surface area contributed by atoms with Gasteiger partial charge in [0.1, 0.15) is 6.10 Å². The van der Waals surface area contributed by atoms with Gasteiger partial charge in [0.05, 0.1) is 0 Å². The number of aliphatic hydroxyl groups excluding tert-OH is 1. The first kappa shape index (κ1) is 10.3. The van der Waals surface area contributed by atoms with Gasteiger partial charge in [0.2, 0.25) is 0 Å². The van der Waals surface area contributed by atoms with Crippen LogP contribution in [0.25, 0.3) is 0 Å². The third-order valence-electron chi connectivity index (χ3n) is 2.53. The van der Waals surface area contributed by atoms with Crippen LogP contribution in [-0.2, 0) is 0 Å². The normalized spacial score (nSPS) is 28.2. The van der Waals surface area contributed by atoms with Crippen molar-refractivity contribution in [3.8, 4) is 11.8 Å². The summed E-state index contributed by atoms with van der Waals surface area (Å²) in [6.45, 7) is 3.93. The molecule has 1 N–H and O–H groups in total. The summed E-state index contributed by atoms with van der Waals surface area (Å²) >= 11 is 0. The van der Waals surface area contributed by atoms with Crippen molar-refractivity contribution in [3.05, 3.63) is 12.2 Å². The van der Waals surface area contributed by atoms with Crippen LogP contribution in [0, 0.1) is 23.7 Å². The summed E-state index contributed by atoms with van der Waals surface area (Å²) in [6.07, 6.45) is 7.34. The Morgan fingerprint density at radius 2 is 2.31 bits per heavy atom. The second kappa shape index (κ2) is 5.09. The van der Waals surface area contributed by atoms with Gasteiger partial charge in [-0.05, 0) is 37.7 Å². The zero-order valence-electron chi connectivity index (χ0n) is 8.46. The monoisotopic (exact) mass is 178 g/mol. The fourth-order valence-corrected chi connectivity index (χ4v) is 1.57. The van der Waals surface area contributed by atoms with Crippen molar-refractivity contribution in [2.75, 3.05) is 0 Å². The third kappa shape index (κ3) is 4.15. The molecule has 1 aliphatic rings. The molecule has 1 heteroatoms. The lowest BCUT2D eigenvalue weighted by molar-refractivity contribution is 0.253. The van der Waals surface area contributed by atoms with Gasteiger partial charge in [0.15, 0.2) is 0 Å². The SMILES string of the molecule is CC[C@@H]1C[C@@H]1C/C=C\C#CC(C)O. The predicted octanol–water partition coefficient (Wildman–Crippen LogP) is 2.36. The van der Waals surface area contributed by atoms with Gasteiger partial charge in [-0.25, -0.2) is 0 Å². The number of rotatable bonds is 3. The molecule has 1 saturated carbocycles. The van der Waals surface area contributed by atoms with Crippen LogP contribution in [0.2, 0.25) is 0 Å². The minimum atomic E-state index is -0.506. The minimum Gasteiger partial charge on any atom is -0.381 e. The van der Waals surface area contributed by atoms with Crippen LogP contribution in [-0.4, -0.2) is 11.2 Å². The summed E-state index contributed by atoms with van der Waals surface area (Å²) < 4.78 is 0. The van der Waals surface area contributed by atoms with E-state index < -0.39 is 6.10 Å². The Kier molecular flexibility index (Phi) is 4.05. The molecule has 0 heterocycles. The molecule has 0 aliphatic heterocycles. The highest BCUT2D eigenvalue weighted by Crippen LogP contribution is 2.43. The van der Waals surface area contributed by atoms with Crippen molar-refractivity contribution in [2.24, 2.45) is 11.8 Å². The number of hydrogen-bond donors (Lipinski definition) is 1. The fraction of sp³-hybridized carbons (Fsp3) is 0.667. The first-order valence-electron chi connectivity index (χ1n) is 5.08. The topological polar surface area (TPSA) is 20.2 Å². The molecule has 0 saturated heterocycles. The van der Waals surface area contributed by atoms with Crippen LogP contribution in [0.5, 0.6) is 0 Å². The van der Waals surface area contributed by atoms with E-state index in [2.05, 4.69) is 24.8 Å². The summed E-state index contributed by atoms with van der Waals surface area (Å²) in [5, 5.41) is 8.85. The van der Waals surface area contributed by atoms with Crippen LogP contribution in [0.4, 0.5) is 0 Å². The molecule has 0 spiro atoms. The lowest BCUT2D eigenvalue weighted by Crippen LogP contribution is -1.91. The van der Waals surface area contributed by atoms with Crippen molar-refractivity contribution >= 4 is 0 Å². The van der Waals surface area contributed by atoms with E-state index in [4.69, 9.17) is 5.11 Å². The summed E-state index contributed by atoms with van der Waals surface area (Å²) in [7, 11) is 0. The van der Waals surface area contributed by atoms with Crippen LogP contribution < -0.4 is 0 Å². The first-order chi connectivity index (χ1) is 6.24. The molecule has 0 bridgehead atoms. The maximum absolute atomic E-state index is 8.85. The molecular weight excluding hydrogens is 160 g/mol. The molecule has 1 aliphatic carbocycles. The summed E-state index contributed by atoms with van der Waals surface area (Å²) in [5.41, 5.74) is 0. The second-order valence-electron chi connectivity index (χ2n) is 3.77. The van der Waals surface area contributed by atoms with E-state index in [9.17, 15) is 0 Å². The van der Waals surface area contributed by atoms with E-state index in [1.165, 1.54) is 12.8 Å². The van der Waals surface area contributed by atoms with Gasteiger partial charge in [-0.1, -0.05) is 31.3 Å². The number of aliphatic hydroxyl groups is 1. The van der Waals surface area contributed by atoms with Crippen molar-refractivity contribution in [2.45, 2.75) is 39.2 Å². The van der Waals surface area contributed by atoms with Crippen LogP contribution in [0.1, 0.15) is 33.1 Å². The Balaban J connectivity index is 2.10. The molecule has 1 rings (SSSR count). The quantitative estimate of drug-likeness (QED) is 0.658. The van der Waals surface area contributed by atoms with E-state index in [0.717, 1.165) is 18.3 Å². The predicted molar refractivity (Wildman–Crippen MR) is 55.1 cm³/mol. The van der Waals surface area contributed by atoms with Crippen molar-refractivity contribution < 1.29 is 5.11 Å². The summed E-state index contributed by atoms with van der Waals surface area (Å²) in [4.78, 5) is 0. The van der Waals surface area contributed by atoms with Gasteiger partial charge in [0.25, 0.3) is 0 Å². The second-order valence-corrected chi connectivity index (χ2v) is 3.77. The van der Waals surface area contributed by atoms with Crippen molar-refractivity contribution in [3.63, 3.8) is 0 Å². The van der Waals surface area contributed by atoms with E-state index in [0.29, 0.717) is 0 Å². The zero-order valence-corrected chi connectivity index (χ0v) is 8.46. The highest BCUT2D eigenvalue weighted by Gasteiger charge is 2.33. The van der Waals surface area contributed by atoms with E-state index in [1.807, 2.05) is 6.08 Å². The molecule has 1 nitrogen and oxygen atoms in total. The molecule has 0 aromatic carbocycles. The molecule has 0 aromatic rings. The number of allylic oxidation sites excluding steroid dienone is 2. The standard InChI is InChI=1S/C12H18O/c1-3-11-9-12(11)8-6-4-5-7-10(2)13/h4,6,10-13H,3,8-9H2,1-2H3/b6-4-/t10?,11-,12+/m1/s1. The lowest BCUT2D eigenvalue weighted by atomic mass is 10.2. The Labute approximate surface area is 80.9 Å². The molecule has 0 aromatic heterocycles. The molecule has 13 heavy (non-hydrogen) atoms. The lowest BCUT2D eigenvalue weighted by Gasteiger charge is -1.88. The minimum absolute atomic E-state index is 0.506. The molecular formula is C12H18O. The Bertz CT molecular complexity index is 229. The third-order valence-corrected chi connectivity index (χ3v) is 2.53. The molecule has 1 fully saturated rings. The van der Waals surface area contributed by atoms with Crippen molar-refractivity contribution in [1.29, 1.82) is 0 Å². The Morgan fingerprint density at radius 1 is 1.54 bits per heavy atom. The molecule has 72 valence electrons. The highest BCUT2D eigenvalue weighted by molar-refractivity contribution is 5.17. The van der Waals surface area contributed by atoms with Gasteiger partial charge in [-0.15, -0.1) is 0 Å².